The van der Waals surface area contributed by atoms with E-state index in [1.54, 1.807) is 0 Å². The van der Waals surface area contributed by atoms with Crippen molar-refractivity contribution in [2.45, 2.75) is 90.2 Å². The lowest BCUT2D eigenvalue weighted by Crippen LogP contribution is -2.47. The number of carboxylic acid groups (broad SMARTS) is 1. The third-order valence-electron chi connectivity index (χ3n) is 7.61. The van der Waals surface area contributed by atoms with Gasteiger partial charge in [0.05, 0.1) is 18.4 Å². The van der Waals surface area contributed by atoms with Crippen molar-refractivity contribution in [2.24, 2.45) is 11.8 Å². The molecular weight excluding hydrogens is 464 g/mol. The summed E-state index contributed by atoms with van der Waals surface area (Å²) in [5.74, 6) is -0.362. The van der Waals surface area contributed by atoms with Crippen molar-refractivity contribution in [1.29, 1.82) is 0 Å². The number of anilines is 1. The summed E-state index contributed by atoms with van der Waals surface area (Å²) in [5.41, 5.74) is 5.55. The van der Waals surface area contributed by atoms with Gasteiger partial charge in [-0.05, 0) is 94.8 Å². The van der Waals surface area contributed by atoms with Gasteiger partial charge in [-0.25, -0.2) is 4.79 Å². The molecule has 192 valence electrons. The molecule has 0 aromatic carbocycles. The lowest BCUT2D eigenvalue weighted by atomic mass is 9.81. The van der Waals surface area contributed by atoms with Gasteiger partial charge in [-0.1, -0.05) is 13.0 Å². The maximum absolute atomic E-state index is 13.9. The molecule has 0 unspecified atom stereocenters. The average Bonchev–Trinajstić information content (AvgIpc) is 3.30. The summed E-state index contributed by atoms with van der Waals surface area (Å²) in [6.45, 7) is 4.73. The second-order valence-electron chi connectivity index (χ2n) is 10.2. The van der Waals surface area contributed by atoms with E-state index in [2.05, 4.69) is 12.4 Å². The van der Waals surface area contributed by atoms with Crippen LogP contribution >= 0.6 is 11.3 Å². The SMILES string of the molecule is CCONC1=CC=C(c2cc(N(C(=O)C3CCC(C)CC3)C3CCC(O)CC3)c(C(=O)O)s2)CC1. The number of allylic oxidation sites excluding steroid dienone is 4. The number of hydrogen-bond acceptors (Lipinski definition) is 6. The zero-order chi connectivity index (χ0) is 24.9. The van der Waals surface area contributed by atoms with Gasteiger partial charge in [0.2, 0.25) is 5.91 Å². The Morgan fingerprint density at radius 1 is 1.09 bits per heavy atom. The standard InChI is InChI=1S/C27H38N2O5S/c1-3-34-28-20-10-8-18(9-11-20)24-16-23(25(35-24)27(32)33)29(21-12-14-22(30)15-13-21)26(31)19-6-4-17(2)5-7-19/h8,10,16-17,19,21-22,28,30H,3-7,9,11-15H2,1-2H3,(H,32,33). The number of aliphatic hydroxyl groups is 1. The molecule has 0 bridgehead atoms. The van der Waals surface area contributed by atoms with Gasteiger partial charge in [0.15, 0.2) is 0 Å². The highest BCUT2D eigenvalue weighted by Crippen LogP contribution is 2.42. The Morgan fingerprint density at radius 2 is 1.80 bits per heavy atom. The highest BCUT2D eigenvalue weighted by molar-refractivity contribution is 7.15. The molecule has 1 heterocycles. The third kappa shape index (κ3) is 6.16. The van der Waals surface area contributed by atoms with Crippen LogP contribution in [-0.2, 0) is 9.63 Å². The first-order valence-electron chi connectivity index (χ1n) is 13.0. The van der Waals surface area contributed by atoms with Crippen LogP contribution in [-0.4, -0.2) is 40.8 Å². The van der Waals surface area contributed by atoms with Crippen molar-refractivity contribution in [3.05, 3.63) is 33.7 Å². The quantitative estimate of drug-likeness (QED) is 0.405. The number of rotatable bonds is 8. The molecule has 4 rings (SSSR count). The molecule has 2 fully saturated rings. The highest BCUT2D eigenvalue weighted by atomic mass is 32.1. The zero-order valence-corrected chi connectivity index (χ0v) is 21.6. The predicted molar refractivity (Wildman–Crippen MR) is 138 cm³/mol. The molecule has 0 spiro atoms. The first kappa shape index (κ1) is 25.9. The molecule has 0 saturated heterocycles. The zero-order valence-electron chi connectivity index (χ0n) is 20.8. The van der Waals surface area contributed by atoms with Crippen molar-refractivity contribution in [3.8, 4) is 0 Å². The second-order valence-corrected chi connectivity index (χ2v) is 11.2. The summed E-state index contributed by atoms with van der Waals surface area (Å²) in [5, 5.41) is 20.2. The van der Waals surface area contributed by atoms with Gasteiger partial charge < -0.3 is 15.1 Å². The van der Waals surface area contributed by atoms with Crippen molar-refractivity contribution in [2.75, 3.05) is 11.5 Å². The van der Waals surface area contributed by atoms with Gasteiger partial charge in [0, 0.05) is 22.5 Å². The number of hydroxylamine groups is 1. The number of carbonyl (C=O) groups is 2. The van der Waals surface area contributed by atoms with Crippen LogP contribution in [0.2, 0.25) is 0 Å². The van der Waals surface area contributed by atoms with Crippen LogP contribution in [0.4, 0.5) is 5.69 Å². The molecule has 1 aromatic rings. The van der Waals surface area contributed by atoms with E-state index in [1.807, 2.05) is 30.0 Å². The Labute approximate surface area is 211 Å². The molecule has 1 amide bonds. The lowest BCUT2D eigenvalue weighted by molar-refractivity contribution is -0.124. The molecule has 8 heteroatoms. The fourth-order valence-corrected chi connectivity index (χ4v) is 6.52. The van der Waals surface area contributed by atoms with Gasteiger partial charge in [-0.3, -0.25) is 15.1 Å². The molecule has 1 aromatic heterocycles. The van der Waals surface area contributed by atoms with Gasteiger partial charge >= 0.3 is 5.97 Å². The van der Waals surface area contributed by atoms with Gasteiger partial charge in [0.25, 0.3) is 0 Å². The van der Waals surface area contributed by atoms with Crippen LogP contribution in [0.25, 0.3) is 5.57 Å². The van der Waals surface area contributed by atoms with Crippen LogP contribution in [0.5, 0.6) is 0 Å². The number of hydrogen-bond donors (Lipinski definition) is 3. The Morgan fingerprint density at radius 3 is 2.40 bits per heavy atom. The fourth-order valence-electron chi connectivity index (χ4n) is 5.48. The van der Waals surface area contributed by atoms with E-state index in [4.69, 9.17) is 4.84 Å². The summed E-state index contributed by atoms with van der Waals surface area (Å²) in [6, 6.07) is 1.84. The van der Waals surface area contributed by atoms with E-state index in [0.29, 0.717) is 43.9 Å². The van der Waals surface area contributed by atoms with Crippen molar-refractivity contribution < 1.29 is 24.6 Å². The summed E-state index contributed by atoms with van der Waals surface area (Å²) < 4.78 is 0. The van der Waals surface area contributed by atoms with Crippen molar-refractivity contribution >= 4 is 34.5 Å². The largest absolute Gasteiger partial charge is 0.477 e. The van der Waals surface area contributed by atoms with Crippen LogP contribution in [0.3, 0.4) is 0 Å². The molecule has 3 N–H and O–H groups in total. The van der Waals surface area contributed by atoms with Crippen LogP contribution < -0.4 is 10.4 Å². The minimum absolute atomic E-state index is 0.0610. The number of aliphatic hydroxyl groups excluding tert-OH is 1. The number of nitrogens with zero attached hydrogens (tertiary/aromatic N) is 1. The first-order valence-corrected chi connectivity index (χ1v) is 13.8. The van der Waals surface area contributed by atoms with Crippen molar-refractivity contribution in [3.63, 3.8) is 0 Å². The molecule has 0 aliphatic heterocycles. The highest BCUT2D eigenvalue weighted by Gasteiger charge is 2.37. The Bertz CT molecular complexity index is 968. The number of aromatic carboxylic acids is 1. The summed E-state index contributed by atoms with van der Waals surface area (Å²) in [7, 11) is 0. The Balaban J connectivity index is 1.66. The summed E-state index contributed by atoms with van der Waals surface area (Å²) in [4.78, 5) is 34.5. The van der Waals surface area contributed by atoms with Crippen LogP contribution in [0, 0.1) is 11.8 Å². The van der Waals surface area contributed by atoms with E-state index < -0.39 is 5.97 Å². The maximum atomic E-state index is 13.9. The molecule has 0 atom stereocenters. The monoisotopic (exact) mass is 502 g/mol. The lowest BCUT2D eigenvalue weighted by Gasteiger charge is -2.38. The fraction of sp³-hybridized carbons (Fsp3) is 0.630. The maximum Gasteiger partial charge on any atom is 0.348 e. The van der Waals surface area contributed by atoms with Gasteiger partial charge in [0.1, 0.15) is 4.88 Å². The number of thiophene rings is 1. The topological polar surface area (TPSA) is 99.1 Å². The molecule has 3 aliphatic rings. The number of nitrogens with one attached hydrogen (secondary N) is 1. The normalized spacial score (nSPS) is 27.1. The first-order chi connectivity index (χ1) is 16.9. The molecular formula is C27H38N2O5S. The molecule has 35 heavy (non-hydrogen) atoms. The smallest absolute Gasteiger partial charge is 0.348 e. The third-order valence-corrected chi connectivity index (χ3v) is 8.80. The van der Waals surface area contributed by atoms with E-state index in [-0.39, 0.29) is 28.8 Å². The molecule has 7 nitrogen and oxygen atoms in total. The number of carbonyl (C=O) groups excluding carboxylic acids is 1. The van der Waals surface area contributed by atoms with Gasteiger partial charge in [-0.15, -0.1) is 11.3 Å². The van der Waals surface area contributed by atoms with Crippen LogP contribution in [0.1, 0.15) is 92.6 Å². The van der Waals surface area contributed by atoms with Crippen molar-refractivity contribution in [1.82, 2.24) is 5.48 Å². The van der Waals surface area contributed by atoms with E-state index >= 15 is 0 Å². The second kappa shape index (κ2) is 11.7. The average molecular weight is 503 g/mol. The molecule has 2 saturated carbocycles. The predicted octanol–water partition coefficient (Wildman–Crippen LogP) is 5.51. The summed E-state index contributed by atoms with van der Waals surface area (Å²) >= 11 is 1.26. The Kier molecular flexibility index (Phi) is 8.68. The Hall–Kier alpha value is -2.16. The van der Waals surface area contributed by atoms with E-state index in [1.165, 1.54) is 11.3 Å². The van der Waals surface area contributed by atoms with E-state index in [9.17, 15) is 19.8 Å². The molecule has 0 radical (unpaired) electrons. The van der Waals surface area contributed by atoms with Gasteiger partial charge in [-0.2, -0.15) is 0 Å². The minimum Gasteiger partial charge on any atom is -0.477 e. The van der Waals surface area contributed by atoms with E-state index in [0.717, 1.165) is 54.7 Å². The number of amides is 1. The number of carboxylic acids is 1. The summed E-state index contributed by atoms with van der Waals surface area (Å²) in [6.07, 6.45) is 11.7. The van der Waals surface area contributed by atoms with Crippen LogP contribution in [0.15, 0.2) is 23.9 Å². The molecule has 3 aliphatic carbocycles. The minimum atomic E-state index is -0.993.